The summed E-state index contributed by atoms with van der Waals surface area (Å²) < 4.78 is 0. The van der Waals surface area contributed by atoms with Gasteiger partial charge in [-0.1, -0.05) is 18.2 Å². The van der Waals surface area contributed by atoms with Crippen LogP contribution in [0, 0.1) is 0 Å². The second-order valence-corrected chi connectivity index (χ2v) is 6.87. The van der Waals surface area contributed by atoms with Gasteiger partial charge in [-0.05, 0) is 28.6 Å². The van der Waals surface area contributed by atoms with Crippen molar-refractivity contribution in [3.63, 3.8) is 0 Å². The number of Topliss-reactive ketones (excluding diaryl/α,β-unsaturated/α-hetero) is 1. The first kappa shape index (κ1) is 12.2. The van der Waals surface area contributed by atoms with E-state index in [0.29, 0.717) is 12.3 Å². The summed E-state index contributed by atoms with van der Waals surface area (Å²) in [6.07, 6.45) is 0. The van der Waals surface area contributed by atoms with E-state index in [9.17, 15) is 9.59 Å². The molecule has 4 rings (SSSR count). The van der Waals surface area contributed by atoms with Gasteiger partial charge in [-0.15, -0.1) is 23.1 Å². The van der Waals surface area contributed by atoms with Crippen LogP contribution in [-0.4, -0.2) is 22.3 Å². The molecule has 1 aromatic carbocycles. The van der Waals surface area contributed by atoms with Crippen molar-refractivity contribution in [1.82, 2.24) is 4.90 Å². The van der Waals surface area contributed by atoms with Gasteiger partial charge in [0.25, 0.3) is 5.91 Å². The third-order valence-electron chi connectivity index (χ3n) is 3.71. The smallest absolute Gasteiger partial charge is 0.255 e. The summed E-state index contributed by atoms with van der Waals surface area (Å²) in [4.78, 5) is 27.4. The lowest BCUT2D eigenvalue weighted by molar-refractivity contribution is 0.0758. The number of ketones is 1. The van der Waals surface area contributed by atoms with Crippen LogP contribution in [0.2, 0.25) is 0 Å². The molecule has 0 fully saturated rings. The molecule has 3 heterocycles. The Morgan fingerprint density at radius 3 is 2.90 bits per heavy atom. The molecule has 0 saturated carbocycles. The molecule has 100 valence electrons. The molecule has 2 aliphatic rings. The normalized spacial score (nSPS) is 21.0. The lowest BCUT2D eigenvalue weighted by atomic mass is 10.1. The maximum absolute atomic E-state index is 12.5. The Kier molecular flexibility index (Phi) is 2.72. The van der Waals surface area contributed by atoms with Crippen molar-refractivity contribution in [2.45, 2.75) is 11.9 Å². The molecule has 5 heteroatoms. The van der Waals surface area contributed by atoms with Gasteiger partial charge in [0.1, 0.15) is 5.37 Å². The number of hydrogen-bond donors (Lipinski definition) is 0. The molecular formula is C15H11NO2S2. The van der Waals surface area contributed by atoms with Crippen molar-refractivity contribution in [2.75, 3.05) is 5.75 Å². The van der Waals surface area contributed by atoms with E-state index in [4.69, 9.17) is 0 Å². The van der Waals surface area contributed by atoms with Crippen LogP contribution in [0.25, 0.3) is 0 Å². The van der Waals surface area contributed by atoms with Crippen LogP contribution in [0.4, 0.5) is 0 Å². The summed E-state index contributed by atoms with van der Waals surface area (Å²) in [6.45, 7) is 0.524. The van der Waals surface area contributed by atoms with Crippen LogP contribution in [0.3, 0.4) is 0 Å². The third kappa shape index (κ3) is 1.66. The van der Waals surface area contributed by atoms with Gasteiger partial charge in [0.2, 0.25) is 0 Å². The standard InChI is InChI=1S/C15H11NO2S2/c17-12-8-20-15-11-4-2-1-3-10(11)14(18)16(15)7-9-5-6-19-13(9)12/h1-6,15H,7-8H2. The summed E-state index contributed by atoms with van der Waals surface area (Å²) in [5, 5.41) is 1.90. The fourth-order valence-electron chi connectivity index (χ4n) is 2.78. The number of benzene rings is 1. The summed E-state index contributed by atoms with van der Waals surface area (Å²) in [5.41, 5.74) is 2.79. The first-order valence-electron chi connectivity index (χ1n) is 6.37. The second kappa shape index (κ2) is 4.46. The number of rotatable bonds is 0. The highest BCUT2D eigenvalue weighted by Crippen LogP contribution is 2.44. The van der Waals surface area contributed by atoms with Crippen LogP contribution in [0.5, 0.6) is 0 Å². The van der Waals surface area contributed by atoms with Gasteiger partial charge in [-0.3, -0.25) is 9.59 Å². The zero-order chi connectivity index (χ0) is 13.7. The van der Waals surface area contributed by atoms with Crippen LogP contribution in [0.1, 0.15) is 36.5 Å². The number of fused-ring (bicyclic) bond motifs is 4. The molecule has 20 heavy (non-hydrogen) atoms. The average Bonchev–Trinajstić information content (AvgIpc) is 3.01. The maximum atomic E-state index is 12.5. The van der Waals surface area contributed by atoms with E-state index in [1.54, 1.807) is 11.8 Å². The monoisotopic (exact) mass is 301 g/mol. The van der Waals surface area contributed by atoms with Crippen LogP contribution < -0.4 is 0 Å². The maximum Gasteiger partial charge on any atom is 0.255 e. The Bertz CT molecular complexity index is 722. The molecule has 0 aliphatic carbocycles. The minimum Gasteiger partial charge on any atom is -0.318 e. The number of amides is 1. The molecule has 1 unspecified atom stereocenters. The number of hydrogen-bond acceptors (Lipinski definition) is 4. The summed E-state index contributed by atoms with van der Waals surface area (Å²) >= 11 is 3.03. The average molecular weight is 301 g/mol. The number of thiophene rings is 1. The molecule has 2 aliphatic heterocycles. The molecule has 0 bridgehead atoms. The largest absolute Gasteiger partial charge is 0.318 e. The molecule has 0 saturated heterocycles. The predicted molar refractivity (Wildman–Crippen MR) is 80.2 cm³/mol. The van der Waals surface area contributed by atoms with Crippen molar-refractivity contribution in [3.05, 3.63) is 57.3 Å². The predicted octanol–water partition coefficient (Wildman–Crippen LogP) is 3.33. The zero-order valence-corrected chi connectivity index (χ0v) is 12.2. The lowest BCUT2D eigenvalue weighted by Crippen LogP contribution is -2.28. The van der Waals surface area contributed by atoms with Crippen molar-refractivity contribution in [1.29, 1.82) is 0 Å². The van der Waals surface area contributed by atoms with E-state index in [0.717, 1.165) is 21.6 Å². The Hall–Kier alpha value is -1.59. The molecular weight excluding hydrogens is 290 g/mol. The molecule has 0 radical (unpaired) electrons. The first-order valence-corrected chi connectivity index (χ1v) is 8.29. The second-order valence-electron chi connectivity index (χ2n) is 4.88. The fourth-order valence-corrected chi connectivity index (χ4v) is 4.92. The minimum atomic E-state index is -0.0318. The van der Waals surface area contributed by atoms with E-state index in [2.05, 4.69) is 0 Å². The van der Waals surface area contributed by atoms with Gasteiger partial charge in [-0.2, -0.15) is 0 Å². The van der Waals surface area contributed by atoms with Crippen molar-refractivity contribution in [3.8, 4) is 0 Å². The Morgan fingerprint density at radius 1 is 1.15 bits per heavy atom. The molecule has 1 aromatic heterocycles. The Labute approximate surface area is 124 Å². The van der Waals surface area contributed by atoms with Crippen molar-refractivity contribution in [2.24, 2.45) is 0 Å². The quantitative estimate of drug-likeness (QED) is 0.749. The number of nitrogens with zero attached hydrogens (tertiary/aromatic N) is 1. The highest BCUT2D eigenvalue weighted by Gasteiger charge is 2.38. The van der Waals surface area contributed by atoms with E-state index in [1.165, 1.54) is 11.3 Å². The van der Waals surface area contributed by atoms with E-state index >= 15 is 0 Å². The summed E-state index contributed by atoms with van der Waals surface area (Å²) in [7, 11) is 0. The van der Waals surface area contributed by atoms with Gasteiger partial charge < -0.3 is 4.90 Å². The van der Waals surface area contributed by atoms with Crippen molar-refractivity contribution >= 4 is 34.8 Å². The van der Waals surface area contributed by atoms with E-state index in [1.807, 2.05) is 40.6 Å². The summed E-state index contributed by atoms with van der Waals surface area (Å²) in [5.74, 6) is 0.678. The minimum absolute atomic E-state index is 0.0318. The van der Waals surface area contributed by atoms with Crippen LogP contribution in [0.15, 0.2) is 35.7 Å². The zero-order valence-electron chi connectivity index (χ0n) is 10.5. The lowest BCUT2D eigenvalue weighted by Gasteiger charge is -2.26. The number of carbonyl (C=O) groups is 2. The van der Waals surface area contributed by atoms with Crippen LogP contribution in [-0.2, 0) is 6.54 Å². The SMILES string of the molecule is O=C1CSC2c3ccccc3C(=O)N2Cc2ccsc21. The first-order chi connectivity index (χ1) is 9.75. The Morgan fingerprint density at radius 2 is 2.00 bits per heavy atom. The van der Waals surface area contributed by atoms with Gasteiger partial charge in [-0.25, -0.2) is 0 Å². The van der Waals surface area contributed by atoms with Gasteiger partial charge in [0, 0.05) is 12.1 Å². The number of thioether (sulfide) groups is 1. The van der Waals surface area contributed by atoms with E-state index < -0.39 is 0 Å². The highest BCUT2D eigenvalue weighted by molar-refractivity contribution is 8.00. The molecule has 0 spiro atoms. The third-order valence-corrected chi connectivity index (χ3v) is 5.96. The van der Waals surface area contributed by atoms with Crippen molar-refractivity contribution < 1.29 is 9.59 Å². The van der Waals surface area contributed by atoms with Gasteiger partial charge >= 0.3 is 0 Å². The fraction of sp³-hybridized carbons (Fsp3) is 0.200. The Balaban J connectivity index is 1.82. The van der Waals surface area contributed by atoms with Gasteiger partial charge in [0.15, 0.2) is 5.78 Å². The molecule has 0 N–H and O–H groups in total. The van der Waals surface area contributed by atoms with Crippen LogP contribution >= 0.6 is 23.1 Å². The van der Waals surface area contributed by atoms with Gasteiger partial charge in [0.05, 0.1) is 10.6 Å². The molecule has 1 amide bonds. The number of carbonyl (C=O) groups excluding carboxylic acids is 2. The molecule has 1 atom stereocenters. The van der Waals surface area contributed by atoms with E-state index in [-0.39, 0.29) is 17.1 Å². The topological polar surface area (TPSA) is 37.4 Å². The molecule has 2 aromatic rings. The summed E-state index contributed by atoms with van der Waals surface area (Å²) in [6, 6.07) is 9.67. The molecule has 3 nitrogen and oxygen atoms in total. The highest BCUT2D eigenvalue weighted by atomic mass is 32.2.